The van der Waals surface area contributed by atoms with Crippen LogP contribution in [-0.4, -0.2) is 384 Å². The zero-order valence-corrected chi connectivity index (χ0v) is 47.1. The molecular formula is C48H79N3O38. The van der Waals surface area contributed by atoms with Gasteiger partial charge in [-0.3, -0.25) is 14.4 Å². The largest absolute Gasteiger partial charge is 0.477 e. The second-order valence-electron chi connectivity index (χ2n) is 21.8. The number of rotatable bonds is 26. The number of hydrogen-bond donors (Lipinski definition) is 25. The van der Waals surface area contributed by atoms with Crippen molar-refractivity contribution in [3.05, 3.63) is 0 Å². The molecule has 6 rings (SSSR count). The van der Waals surface area contributed by atoms with E-state index < -0.39 is 284 Å². The van der Waals surface area contributed by atoms with Gasteiger partial charge in [-0.1, -0.05) is 0 Å². The van der Waals surface area contributed by atoms with Crippen molar-refractivity contribution in [2.75, 3.05) is 46.2 Å². The van der Waals surface area contributed by atoms with Crippen molar-refractivity contribution >= 4 is 29.7 Å². The Kier molecular flexibility index (Phi) is 26.1. The van der Waals surface area contributed by atoms with Gasteiger partial charge in [-0.2, -0.15) is 0 Å². The maximum Gasteiger partial charge on any atom is 0.364 e. The number of hydrogen-bond acceptors (Lipinski definition) is 36. The normalized spacial score (nSPS) is 44.2. The second-order valence-corrected chi connectivity index (χ2v) is 21.8. The van der Waals surface area contributed by atoms with Gasteiger partial charge in [-0.15, -0.1) is 0 Å². The van der Waals surface area contributed by atoms with Gasteiger partial charge in [-0.25, -0.2) is 9.59 Å². The summed E-state index contributed by atoms with van der Waals surface area (Å²) in [7, 11) is 0. The predicted octanol–water partition coefficient (Wildman–Crippen LogP) is -16.3. The van der Waals surface area contributed by atoms with E-state index in [4.69, 9.17) is 52.1 Å². The van der Waals surface area contributed by atoms with Gasteiger partial charge in [-0.05, 0) is 0 Å². The van der Waals surface area contributed by atoms with E-state index >= 15 is 0 Å². The fourth-order valence-electron chi connectivity index (χ4n) is 11.1. The molecule has 3 amide bonds. The fraction of sp³-hybridized carbons (Fsp3) is 0.896. The van der Waals surface area contributed by atoms with Gasteiger partial charge >= 0.3 is 11.9 Å². The van der Waals surface area contributed by atoms with E-state index in [1.807, 2.05) is 5.32 Å². The molecule has 6 aliphatic heterocycles. The Morgan fingerprint density at radius 1 is 0.483 bits per heavy atom. The number of amides is 3. The molecule has 0 saturated carbocycles. The van der Waals surface area contributed by atoms with Crippen molar-refractivity contribution in [3.8, 4) is 0 Å². The van der Waals surface area contributed by atoms with E-state index in [0.717, 1.165) is 13.8 Å². The molecule has 0 aromatic rings. The first kappa shape index (κ1) is 74.2. The Balaban J connectivity index is 1.28. The number of carboxylic acids is 2. The first-order valence-corrected chi connectivity index (χ1v) is 27.5. The average Bonchev–Trinajstić information content (AvgIpc) is 1.15. The van der Waals surface area contributed by atoms with Crippen molar-refractivity contribution in [1.29, 1.82) is 0 Å². The van der Waals surface area contributed by atoms with Gasteiger partial charge in [0.1, 0.15) is 141 Å². The van der Waals surface area contributed by atoms with Crippen LogP contribution in [0.2, 0.25) is 0 Å². The lowest BCUT2D eigenvalue weighted by molar-refractivity contribution is -0.391. The van der Waals surface area contributed by atoms with Crippen molar-refractivity contribution < 1.29 is 188 Å². The van der Waals surface area contributed by atoms with Crippen LogP contribution in [0.15, 0.2) is 0 Å². The number of aliphatic hydroxyl groups excluding tert-OH is 20. The molecule has 25 N–H and O–H groups in total. The maximum absolute atomic E-state index is 13.5. The highest BCUT2D eigenvalue weighted by Gasteiger charge is 2.63. The Morgan fingerprint density at radius 2 is 0.921 bits per heavy atom. The quantitative estimate of drug-likeness (QED) is 0.0382. The van der Waals surface area contributed by atoms with Gasteiger partial charge in [0, 0.05) is 26.7 Å². The molecule has 0 spiro atoms. The summed E-state index contributed by atoms with van der Waals surface area (Å²) in [6.07, 6.45) is -61.4. The summed E-state index contributed by atoms with van der Waals surface area (Å²) >= 11 is 0. The van der Waals surface area contributed by atoms with Crippen LogP contribution in [0.3, 0.4) is 0 Å². The molecule has 0 unspecified atom stereocenters. The van der Waals surface area contributed by atoms with Crippen molar-refractivity contribution in [2.45, 2.75) is 222 Å². The van der Waals surface area contributed by atoms with Crippen molar-refractivity contribution in [3.63, 3.8) is 0 Å². The van der Waals surface area contributed by atoms with E-state index in [9.17, 15) is 136 Å². The molecule has 6 heterocycles. The molecule has 0 aliphatic carbocycles. The summed E-state index contributed by atoms with van der Waals surface area (Å²) in [6, 6.07) is -5.84. The third kappa shape index (κ3) is 16.0. The number of ether oxygens (including phenoxy) is 11. The number of carbonyl (C=O) groups is 5. The summed E-state index contributed by atoms with van der Waals surface area (Å²) in [6.45, 7) is -6.65. The van der Waals surface area contributed by atoms with Crippen LogP contribution >= 0.6 is 0 Å². The minimum absolute atomic E-state index is 0.865. The highest BCUT2D eigenvalue weighted by Crippen LogP contribution is 2.41. The standard InChI is InChI=1S/C48H79N3O38/c1-12(59)49-23-14(61)4-48(46(77)78,88-38(23)29(68)19(8-55)86-47(45(75)76)3-15(62)24(51-22(64)11-58)37(87-47)26(65)16(63)5-52)89-40-28(67)18(7-54)81-44(34(40)73)83-35-21(10-57)82-42(25(30(35)69)50-13(2)60)85-39-27(66)17(6-53)80-43(33(39)72)84-36-20(9-56)79-41(74)32(71)31(36)70/h14-21,23-44,52-58,61-63,65-74H,3-11H2,1-2H3,(H,49,59)(H,50,60)(H,51,64)(H,75,76)(H,77,78)/t14-,15-,16+,17+,18+,19+,20+,21+,23+,24+,25+,26+,27-,28-,29+,30+,31+,32+,33+,34+,35+,36+,37+,38+,39-,40-,41+,42-,43-,44-,47+,48-/m0/s1. The summed E-state index contributed by atoms with van der Waals surface area (Å²) in [4.78, 5) is 64.1. The molecule has 0 aromatic carbocycles. The number of aliphatic carboxylic acids is 2. The van der Waals surface area contributed by atoms with Crippen LogP contribution in [-0.2, 0) is 76.1 Å². The lowest BCUT2D eigenvalue weighted by atomic mass is 9.87. The summed E-state index contributed by atoms with van der Waals surface area (Å²) in [5.41, 5.74) is 0. The lowest BCUT2D eigenvalue weighted by Gasteiger charge is -2.52. The topological polar surface area (TPSA) is 668 Å². The van der Waals surface area contributed by atoms with E-state index in [1.165, 1.54) is 0 Å². The molecule has 514 valence electrons. The molecule has 0 radical (unpaired) electrons. The molecule has 6 saturated heterocycles. The smallest absolute Gasteiger partial charge is 0.364 e. The van der Waals surface area contributed by atoms with Gasteiger partial charge < -0.3 is 180 Å². The molecule has 0 aromatic heterocycles. The van der Waals surface area contributed by atoms with E-state index in [2.05, 4.69) is 10.6 Å². The molecule has 41 nitrogen and oxygen atoms in total. The Hall–Kier alpha value is -3.89. The molecule has 6 aliphatic rings. The third-order valence-corrected chi connectivity index (χ3v) is 15.7. The van der Waals surface area contributed by atoms with Crippen LogP contribution in [0, 0.1) is 0 Å². The zero-order valence-electron chi connectivity index (χ0n) is 47.1. The molecular weight excluding hydrogens is 1230 g/mol. The Labute approximate surface area is 501 Å². The van der Waals surface area contributed by atoms with Crippen molar-refractivity contribution in [2.24, 2.45) is 0 Å². The minimum Gasteiger partial charge on any atom is -0.477 e. The van der Waals surface area contributed by atoms with E-state index in [-0.39, 0.29) is 0 Å². The molecule has 0 bridgehead atoms. The van der Waals surface area contributed by atoms with Gasteiger partial charge in [0.25, 0.3) is 11.6 Å². The van der Waals surface area contributed by atoms with Crippen LogP contribution in [0.5, 0.6) is 0 Å². The molecule has 6 fully saturated rings. The first-order valence-electron chi connectivity index (χ1n) is 27.5. The lowest BCUT2D eigenvalue weighted by Crippen LogP contribution is -2.72. The van der Waals surface area contributed by atoms with Gasteiger partial charge in [0.2, 0.25) is 17.7 Å². The summed E-state index contributed by atoms with van der Waals surface area (Å²) in [5.74, 6) is -14.6. The van der Waals surface area contributed by atoms with Crippen LogP contribution in [0.4, 0.5) is 0 Å². The third-order valence-electron chi connectivity index (χ3n) is 15.7. The zero-order chi connectivity index (χ0) is 66.5. The van der Waals surface area contributed by atoms with Crippen LogP contribution < -0.4 is 16.0 Å². The van der Waals surface area contributed by atoms with Crippen molar-refractivity contribution in [1.82, 2.24) is 16.0 Å². The predicted molar refractivity (Wildman–Crippen MR) is 270 cm³/mol. The van der Waals surface area contributed by atoms with Crippen LogP contribution in [0.25, 0.3) is 0 Å². The Bertz CT molecular complexity index is 2340. The summed E-state index contributed by atoms with van der Waals surface area (Å²) in [5, 5.41) is 244. The highest BCUT2D eigenvalue weighted by molar-refractivity contribution is 5.78. The second kappa shape index (κ2) is 31.4. The number of aliphatic hydroxyl groups is 20. The van der Waals surface area contributed by atoms with E-state index in [1.54, 1.807) is 0 Å². The first-order chi connectivity index (χ1) is 41.8. The number of nitrogens with one attached hydrogen (secondary N) is 3. The molecule has 32 atom stereocenters. The SMILES string of the molecule is CC(=O)N[C@H]1[C@H](O[C@H]2[C@@H](O)[C@@H](CO)O[C@@H](O[C@H]3[C@H](O)[C@@H](O)[C@H](O)O[C@@H]3CO)[C@@H]2O)O[C@H](CO)[C@@H](O[C@@H]2O[C@H](CO)[C@H](O)[C@H](O[C@]3(C(=O)O)C[C@H](O)[C@@H](NC(C)=O)[C@H]([C@H](O)[C@@H](CO)O[C@]4(C(=O)O)C[C@H](O)[C@@H](NC(=O)CO)[C@H]([C@H](O)[C@H](O)CO)O4)O3)[C@H]2O)[C@@H]1O. The highest BCUT2D eigenvalue weighted by atomic mass is 16.8. The fourth-order valence-corrected chi connectivity index (χ4v) is 11.1. The summed E-state index contributed by atoms with van der Waals surface area (Å²) < 4.78 is 62.1. The average molecular weight is 1310 g/mol. The number of carbonyl (C=O) groups excluding carboxylic acids is 3. The maximum atomic E-state index is 13.5. The van der Waals surface area contributed by atoms with E-state index in [0.29, 0.717) is 0 Å². The Morgan fingerprint density at radius 3 is 1.42 bits per heavy atom. The number of carboxylic acid groups (broad SMARTS) is 2. The monoisotopic (exact) mass is 1310 g/mol. The van der Waals surface area contributed by atoms with Crippen LogP contribution in [0.1, 0.15) is 26.7 Å². The molecule has 89 heavy (non-hydrogen) atoms. The minimum atomic E-state index is -3.50. The van der Waals surface area contributed by atoms with Gasteiger partial charge in [0.15, 0.2) is 25.2 Å². The molecule has 41 heteroatoms. The van der Waals surface area contributed by atoms with Gasteiger partial charge in [0.05, 0.1) is 63.9 Å².